The number of nitrogens with zero attached hydrogens (tertiary/aromatic N) is 2. The van der Waals surface area contributed by atoms with E-state index in [2.05, 4.69) is 9.97 Å². The molecule has 5 nitrogen and oxygen atoms in total. The smallest absolute Gasteiger partial charge is 0.326 e. The lowest BCUT2D eigenvalue weighted by atomic mass is 10.2. The molecule has 0 aromatic carbocycles. The predicted octanol–water partition coefficient (Wildman–Crippen LogP) is 1.58. The number of carbonyl (C=O) groups is 1. The Labute approximate surface area is 106 Å². The molecule has 0 spiro atoms. The highest BCUT2D eigenvalue weighted by Gasteiger charge is 2.17. The molecule has 0 saturated heterocycles. The second kappa shape index (κ2) is 4.91. The Morgan fingerprint density at radius 1 is 1.41 bits per heavy atom. The van der Waals surface area contributed by atoms with Gasteiger partial charge in [-0.15, -0.1) is 22.7 Å². The summed E-state index contributed by atoms with van der Waals surface area (Å²) in [6.45, 7) is 1.94. The molecule has 1 unspecified atom stereocenters. The fourth-order valence-corrected chi connectivity index (χ4v) is 2.99. The Bertz CT molecular complexity index is 535. The molecule has 0 aliphatic heterocycles. The van der Waals surface area contributed by atoms with Crippen LogP contribution in [0.5, 0.6) is 0 Å². The van der Waals surface area contributed by atoms with Gasteiger partial charge < -0.3 is 10.8 Å². The van der Waals surface area contributed by atoms with Crippen molar-refractivity contribution in [1.82, 2.24) is 9.97 Å². The van der Waals surface area contributed by atoms with Crippen LogP contribution in [0.2, 0.25) is 0 Å². The summed E-state index contributed by atoms with van der Waals surface area (Å²) in [7, 11) is 0. The monoisotopic (exact) mass is 269 g/mol. The molecule has 90 valence electrons. The number of aryl methyl sites for hydroxylation is 1. The third-order valence-corrected chi connectivity index (χ3v) is 3.96. The van der Waals surface area contributed by atoms with E-state index in [1.807, 2.05) is 12.3 Å². The summed E-state index contributed by atoms with van der Waals surface area (Å²) in [5.74, 6) is -1.06. The normalized spacial score (nSPS) is 12.6. The molecule has 0 saturated carbocycles. The van der Waals surface area contributed by atoms with Crippen LogP contribution >= 0.6 is 22.7 Å². The van der Waals surface area contributed by atoms with Crippen molar-refractivity contribution in [2.24, 2.45) is 5.73 Å². The van der Waals surface area contributed by atoms with E-state index in [0.717, 1.165) is 15.7 Å². The topological polar surface area (TPSA) is 89.1 Å². The number of aliphatic carboxylic acids is 1. The minimum absolute atomic E-state index is 0.408. The molecule has 0 radical (unpaired) electrons. The summed E-state index contributed by atoms with van der Waals surface area (Å²) < 4.78 is 0. The fourth-order valence-electron chi connectivity index (χ4n) is 1.29. The molecular weight excluding hydrogens is 258 g/mol. The quantitative estimate of drug-likeness (QED) is 0.879. The number of rotatable bonds is 4. The molecule has 0 aliphatic rings. The average Bonchev–Trinajstić information content (AvgIpc) is 2.87. The summed E-state index contributed by atoms with van der Waals surface area (Å²) in [6, 6.07) is -1.04. The summed E-state index contributed by atoms with van der Waals surface area (Å²) >= 11 is 2.99. The van der Waals surface area contributed by atoms with E-state index in [0.29, 0.717) is 12.1 Å². The largest absolute Gasteiger partial charge is 0.480 e. The van der Waals surface area contributed by atoms with Crippen molar-refractivity contribution in [2.75, 3.05) is 0 Å². The van der Waals surface area contributed by atoms with Crippen LogP contribution in [0.15, 0.2) is 10.8 Å². The van der Waals surface area contributed by atoms with Crippen LogP contribution in [0.25, 0.3) is 0 Å². The molecule has 2 aromatic rings. The zero-order valence-corrected chi connectivity index (χ0v) is 10.7. The number of hydrogen-bond donors (Lipinski definition) is 2. The van der Waals surface area contributed by atoms with Crippen LogP contribution in [0.4, 0.5) is 0 Å². The van der Waals surface area contributed by atoms with E-state index in [9.17, 15) is 4.79 Å². The second-order valence-corrected chi connectivity index (χ2v) is 5.43. The summed E-state index contributed by atoms with van der Waals surface area (Å²) in [6.07, 6.45) is 0.634. The van der Waals surface area contributed by atoms with Crippen molar-refractivity contribution in [3.8, 4) is 0 Å². The first-order chi connectivity index (χ1) is 8.06. The number of thiazole rings is 2. The van der Waals surface area contributed by atoms with Crippen molar-refractivity contribution in [2.45, 2.75) is 19.4 Å². The Balaban J connectivity index is 2.11. The van der Waals surface area contributed by atoms with E-state index in [-0.39, 0.29) is 0 Å². The lowest BCUT2D eigenvalue weighted by molar-refractivity contribution is -0.138. The molecule has 2 rings (SSSR count). The van der Waals surface area contributed by atoms with Gasteiger partial charge in [-0.05, 0) is 6.92 Å². The highest BCUT2D eigenvalue weighted by Crippen LogP contribution is 2.20. The number of carboxylic acids is 1. The van der Waals surface area contributed by atoms with Crippen LogP contribution in [0.3, 0.4) is 0 Å². The van der Waals surface area contributed by atoms with E-state index in [1.54, 1.807) is 16.7 Å². The van der Waals surface area contributed by atoms with Gasteiger partial charge in [0.1, 0.15) is 6.04 Å². The maximum Gasteiger partial charge on any atom is 0.326 e. The van der Waals surface area contributed by atoms with Crippen molar-refractivity contribution in [1.29, 1.82) is 0 Å². The van der Waals surface area contributed by atoms with E-state index in [1.165, 1.54) is 11.3 Å². The van der Waals surface area contributed by atoms with Gasteiger partial charge in [0.25, 0.3) is 0 Å². The average molecular weight is 269 g/mol. The Morgan fingerprint density at radius 2 is 2.06 bits per heavy atom. The lowest BCUT2D eigenvalue weighted by Crippen LogP contribution is -2.20. The molecule has 2 aromatic heterocycles. The highest BCUT2D eigenvalue weighted by molar-refractivity contribution is 7.11. The molecular formula is C10H11N3O2S2. The molecule has 0 amide bonds. The highest BCUT2D eigenvalue weighted by atomic mass is 32.1. The number of carboxylic acid groups (broad SMARTS) is 1. The Morgan fingerprint density at radius 3 is 2.65 bits per heavy atom. The maximum absolute atomic E-state index is 10.7. The van der Waals surface area contributed by atoms with Gasteiger partial charge in [0.2, 0.25) is 0 Å². The molecule has 7 heteroatoms. The molecule has 3 N–H and O–H groups in total. The van der Waals surface area contributed by atoms with Crippen molar-refractivity contribution in [3.63, 3.8) is 0 Å². The zero-order valence-electron chi connectivity index (χ0n) is 9.08. The van der Waals surface area contributed by atoms with Crippen molar-refractivity contribution in [3.05, 3.63) is 32.2 Å². The summed E-state index contributed by atoms with van der Waals surface area (Å²) in [5, 5.41) is 14.3. The first-order valence-corrected chi connectivity index (χ1v) is 6.66. The molecule has 17 heavy (non-hydrogen) atoms. The summed E-state index contributed by atoms with van der Waals surface area (Å²) in [5.41, 5.74) is 6.88. The van der Waals surface area contributed by atoms with Gasteiger partial charge in [-0.1, -0.05) is 0 Å². The van der Waals surface area contributed by atoms with Gasteiger partial charge in [0.15, 0.2) is 0 Å². The first-order valence-electron chi connectivity index (χ1n) is 4.90. The number of nitrogens with two attached hydrogens (primary N) is 1. The van der Waals surface area contributed by atoms with E-state index < -0.39 is 12.0 Å². The zero-order chi connectivity index (χ0) is 12.4. The SMILES string of the molecule is Cc1csc(Cc2nc(C(N)C(=O)O)cs2)n1. The number of aromatic nitrogens is 2. The Kier molecular flexibility index (Phi) is 3.51. The Hall–Kier alpha value is -1.31. The van der Waals surface area contributed by atoms with Gasteiger partial charge in [-0.2, -0.15) is 0 Å². The second-order valence-electron chi connectivity index (χ2n) is 3.54. The lowest BCUT2D eigenvalue weighted by Gasteiger charge is -2.00. The van der Waals surface area contributed by atoms with Crippen molar-refractivity contribution < 1.29 is 9.90 Å². The molecule has 1 atom stereocenters. The fraction of sp³-hybridized carbons (Fsp3) is 0.300. The molecule has 2 heterocycles. The van der Waals surface area contributed by atoms with Crippen LogP contribution in [-0.2, 0) is 11.2 Å². The van der Waals surface area contributed by atoms with Gasteiger partial charge in [-0.3, -0.25) is 4.79 Å². The van der Waals surface area contributed by atoms with Crippen LogP contribution < -0.4 is 5.73 Å². The van der Waals surface area contributed by atoms with Crippen molar-refractivity contribution >= 4 is 28.6 Å². The maximum atomic E-state index is 10.7. The van der Waals surface area contributed by atoms with Gasteiger partial charge in [-0.25, -0.2) is 9.97 Å². The van der Waals surface area contributed by atoms with Gasteiger partial charge in [0, 0.05) is 16.5 Å². The van der Waals surface area contributed by atoms with Gasteiger partial charge >= 0.3 is 5.97 Å². The predicted molar refractivity (Wildman–Crippen MR) is 66.3 cm³/mol. The van der Waals surface area contributed by atoms with E-state index in [4.69, 9.17) is 10.8 Å². The first kappa shape index (κ1) is 12.2. The number of hydrogen-bond acceptors (Lipinski definition) is 6. The van der Waals surface area contributed by atoms with Crippen LogP contribution in [0.1, 0.15) is 27.4 Å². The third kappa shape index (κ3) is 2.87. The van der Waals surface area contributed by atoms with Crippen LogP contribution in [0, 0.1) is 6.92 Å². The third-order valence-electron chi connectivity index (χ3n) is 2.12. The summed E-state index contributed by atoms with van der Waals surface area (Å²) in [4.78, 5) is 19.2. The standard InChI is InChI=1S/C10H11N3O2S2/c1-5-3-16-7(12-5)2-8-13-6(4-17-8)9(11)10(14)15/h3-4,9H,2,11H2,1H3,(H,14,15). The molecule has 0 bridgehead atoms. The molecule has 0 aliphatic carbocycles. The van der Waals surface area contributed by atoms with E-state index >= 15 is 0 Å². The van der Waals surface area contributed by atoms with Crippen LogP contribution in [-0.4, -0.2) is 21.0 Å². The minimum Gasteiger partial charge on any atom is -0.480 e. The molecule has 0 fully saturated rings. The van der Waals surface area contributed by atoms with Gasteiger partial charge in [0.05, 0.1) is 22.1 Å². The minimum atomic E-state index is -1.06.